The molecule has 1 saturated carbocycles. The number of carbonyl (C=O) groups is 2. The number of benzene rings is 1. The Labute approximate surface area is 144 Å². The van der Waals surface area contributed by atoms with Crippen LogP contribution in [0, 0.1) is 25.7 Å². The van der Waals surface area contributed by atoms with Gasteiger partial charge in [-0.2, -0.15) is 0 Å². The third-order valence-corrected chi connectivity index (χ3v) is 5.74. The predicted octanol–water partition coefficient (Wildman–Crippen LogP) is 3.35. The van der Waals surface area contributed by atoms with E-state index in [2.05, 4.69) is 19.2 Å². The lowest BCUT2D eigenvalue weighted by Crippen LogP contribution is -2.44. The molecule has 24 heavy (non-hydrogen) atoms. The molecule has 0 bridgehead atoms. The van der Waals surface area contributed by atoms with E-state index >= 15 is 0 Å². The number of hydrogen-bond donors (Lipinski definition) is 1. The summed E-state index contributed by atoms with van der Waals surface area (Å²) in [6.45, 7) is 6.82. The fraction of sp³-hybridized carbons (Fsp3) is 0.600. The molecule has 1 saturated heterocycles. The number of nitrogens with one attached hydrogen (secondary N) is 1. The van der Waals surface area contributed by atoms with E-state index < -0.39 is 0 Å². The normalized spacial score (nSPS) is 27.4. The highest BCUT2D eigenvalue weighted by molar-refractivity contribution is 6.00. The van der Waals surface area contributed by atoms with Gasteiger partial charge in [-0.05, 0) is 55.9 Å². The van der Waals surface area contributed by atoms with Gasteiger partial charge in [0.25, 0.3) is 0 Å². The minimum absolute atomic E-state index is 0.0495. The molecule has 1 aliphatic heterocycles. The number of amides is 2. The van der Waals surface area contributed by atoms with Gasteiger partial charge in [0.1, 0.15) is 0 Å². The summed E-state index contributed by atoms with van der Waals surface area (Å²) >= 11 is 0. The molecule has 2 fully saturated rings. The zero-order chi connectivity index (χ0) is 17.3. The Balaban J connectivity index is 1.65. The van der Waals surface area contributed by atoms with E-state index in [-0.39, 0.29) is 23.8 Å². The monoisotopic (exact) mass is 328 g/mol. The Morgan fingerprint density at radius 2 is 1.92 bits per heavy atom. The fourth-order valence-electron chi connectivity index (χ4n) is 3.86. The van der Waals surface area contributed by atoms with E-state index in [4.69, 9.17) is 0 Å². The van der Waals surface area contributed by atoms with Crippen LogP contribution < -0.4 is 10.2 Å². The number of rotatable bonds is 3. The second-order valence-corrected chi connectivity index (χ2v) is 7.55. The van der Waals surface area contributed by atoms with Crippen LogP contribution in [-0.2, 0) is 9.59 Å². The number of aryl methyl sites for hydroxylation is 2. The van der Waals surface area contributed by atoms with Crippen LogP contribution in [0.3, 0.4) is 0 Å². The van der Waals surface area contributed by atoms with Crippen LogP contribution in [0.2, 0.25) is 0 Å². The molecule has 4 heteroatoms. The van der Waals surface area contributed by atoms with E-state index in [9.17, 15) is 9.59 Å². The van der Waals surface area contributed by atoms with Crippen molar-refractivity contribution in [2.45, 2.75) is 58.9 Å². The summed E-state index contributed by atoms with van der Waals surface area (Å²) in [4.78, 5) is 26.8. The van der Waals surface area contributed by atoms with Gasteiger partial charge in [-0.25, -0.2) is 0 Å². The van der Waals surface area contributed by atoms with Gasteiger partial charge in [0.2, 0.25) is 11.8 Å². The number of nitrogens with zero attached hydrogens (tertiary/aromatic N) is 1. The van der Waals surface area contributed by atoms with Gasteiger partial charge in [-0.3, -0.25) is 9.59 Å². The molecule has 3 rings (SSSR count). The molecule has 0 spiro atoms. The van der Waals surface area contributed by atoms with Crippen molar-refractivity contribution in [3.63, 3.8) is 0 Å². The largest absolute Gasteiger partial charge is 0.353 e. The molecule has 3 atom stereocenters. The van der Waals surface area contributed by atoms with E-state index in [0.29, 0.717) is 18.9 Å². The quantitative estimate of drug-likeness (QED) is 0.925. The Hall–Kier alpha value is -1.84. The van der Waals surface area contributed by atoms with Gasteiger partial charge in [0.15, 0.2) is 0 Å². The fourth-order valence-corrected chi connectivity index (χ4v) is 3.86. The molecule has 2 aliphatic rings. The highest BCUT2D eigenvalue weighted by Crippen LogP contribution is 2.28. The number of anilines is 1. The van der Waals surface area contributed by atoms with E-state index in [1.807, 2.05) is 25.1 Å². The van der Waals surface area contributed by atoms with Gasteiger partial charge >= 0.3 is 0 Å². The minimum atomic E-state index is -0.228. The Kier molecular flexibility index (Phi) is 4.93. The van der Waals surface area contributed by atoms with Crippen LogP contribution in [0.4, 0.5) is 5.69 Å². The summed E-state index contributed by atoms with van der Waals surface area (Å²) in [6.07, 6.45) is 5.02. The smallest absolute Gasteiger partial charge is 0.227 e. The summed E-state index contributed by atoms with van der Waals surface area (Å²) in [7, 11) is 0. The third kappa shape index (κ3) is 3.47. The zero-order valence-electron chi connectivity index (χ0n) is 15.0. The summed E-state index contributed by atoms with van der Waals surface area (Å²) in [5, 5.41) is 3.21. The average Bonchev–Trinajstić information content (AvgIpc) is 2.94. The maximum atomic E-state index is 12.6. The van der Waals surface area contributed by atoms with Crippen molar-refractivity contribution >= 4 is 17.5 Å². The molecule has 130 valence electrons. The number of carbonyl (C=O) groups excluding carboxylic acids is 2. The summed E-state index contributed by atoms with van der Waals surface area (Å²) in [5.41, 5.74) is 3.29. The molecule has 0 radical (unpaired) electrons. The highest BCUT2D eigenvalue weighted by atomic mass is 16.2. The molecule has 1 N–H and O–H groups in total. The van der Waals surface area contributed by atoms with Crippen LogP contribution >= 0.6 is 0 Å². The van der Waals surface area contributed by atoms with Crippen molar-refractivity contribution < 1.29 is 9.59 Å². The predicted molar refractivity (Wildman–Crippen MR) is 95.9 cm³/mol. The van der Waals surface area contributed by atoms with Crippen molar-refractivity contribution in [1.29, 1.82) is 0 Å². The topological polar surface area (TPSA) is 49.4 Å². The van der Waals surface area contributed by atoms with Crippen LogP contribution in [-0.4, -0.2) is 24.4 Å². The molecule has 1 aliphatic carbocycles. The van der Waals surface area contributed by atoms with Crippen LogP contribution in [0.15, 0.2) is 18.2 Å². The first-order valence-corrected chi connectivity index (χ1v) is 9.13. The Morgan fingerprint density at radius 3 is 2.62 bits per heavy atom. The second kappa shape index (κ2) is 6.96. The summed E-state index contributed by atoms with van der Waals surface area (Å²) < 4.78 is 0. The molecule has 0 aromatic heterocycles. The van der Waals surface area contributed by atoms with Crippen molar-refractivity contribution in [1.82, 2.24) is 5.32 Å². The van der Waals surface area contributed by atoms with Gasteiger partial charge in [-0.15, -0.1) is 0 Å². The molecule has 4 nitrogen and oxygen atoms in total. The van der Waals surface area contributed by atoms with E-state index in [1.54, 1.807) is 4.90 Å². The van der Waals surface area contributed by atoms with Crippen LogP contribution in [0.1, 0.15) is 50.2 Å². The zero-order valence-corrected chi connectivity index (χ0v) is 15.0. The van der Waals surface area contributed by atoms with Crippen molar-refractivity contribution in [2.24, 2.45) is 11.8 Å². The van der Waals surface area contributed by atoms with Crippen molar-refractivity contribution in [3.8, 4) is 0 Å². The molecule has 1 heterocycles. The van der Waals surface area contributed by atoms with Gasteiger partial charge in [0, 0.05) is 24.7 Å². The first-order chi connectivity index (χ1) is 11.5. The maximum Gasteiger partial charge on any atom is 0.227 e. The van der Waals surface area contributed by atoms with E-state index in [0.717, 1.165) is 12.1 Å². The first-order valence-electron chi connectivity index (χ1n) is 9.13. The summed E-state index contributed by atoms with van der Waals surface area (Å²) in [5.74, 6) is 0.410. The summed E-state index contributed by atoms with van der Waals surface area (Å²) in [6, 6.07) is 6.33. The molecule has 2 amide bonds. The lowest BCUT2D eigenvalue weighted by Gasteiger charge is -2.30. The molecular weight excluding hydrogens is 300 g/mol. The lowest BCUT2D eigenvalue weighted by atomic mass is 9.85. The van der Waals surface area contributed by atoms with Crippen LogP contribution in [0.5, 0.6) is 0 Å². The number of hydrogen-bond acceptors (Lipinski definition) is 2. The third-order valence-electron chi connectivity index (χ3n) is 5.74. The SMILES string of the molecule is Cc1ccc(N2CC(C(=O)NC3CCCCC3C)CC2=O)cc1C. The van der Waals surface area contributed by atoms with Crippen molar-refractivity contribution in [2.75, 3.05) is 11.4 Å². The van der Waals surface area contributed by atoms with Gasteiger partial charge in [-0.1, -0.05) is 25.8 Å². The molecular formula is C20H28N2O2. The molecule has 1 aromatic carbocycles. The van der Waals surface area contributed by atoms with E-state index in [1.165, 1.54) is 30.4 Å². The standard InChI is InChI=1S/C20H28N2O2/c1-13-8-9-17(10-15(13)3)22-12-16(11-19(22)23)20(24)21-18-7-5-4-6-14(18)2/h8-10,14,16,18H,4-7,11-12H2,1-3H3,(H,21,24). The Morgan fingerprint density at radius 1 is 1.17 bits per heavy atom. The minimum Gasteiger partial charge on any atom is -0.353 e. The average molecular weight is 328 g/mol. The Bertz CT molecular complexity index is 641. The molecule has 3 unspecified atom stereocenters. The van der Waals surface area contributed by atoms with Crippen LogP contribution in [0.25, 0.3) is 0 Å². The highest BCUT2D eigenvalue weighted by Gasteiger charge is 2.36. The molecule has 1 aromatic rings. The van der Waals surface area contributed by atoms with Crippen molar-refractivity contribution in [3.05, 3.63) is 29.3 Å². The van der Waals surface area contributed by atoms with Gasteiger partial charge in [0.05, 0.1) is 5.92 Å². The lowest BCUT2D eigenvalue weighted by molar-refractivity contribution is -0.127. The first kappa shape index (κ1) is 17.0. The van der Waals surface area contributed by atoms with Gasteiger partial charge < -0.3 is 10.2 Å². The maximum absolute atomic E-state index is 12.6. The second-order valence-electron chi connectivity index (χ2n) is 7.55.